The largest absolute Gasteiger partial charge is 0.333 e. The van der Waals surface area contributed by atoms with E-state index in [9.17, 15) is 19.7 Å². The number of amides is 2. The zero-order valence-electron chi connectivity index (χ0n) is 15.2. The van der Waals surface area contributed by atoms with Gasteiger partial charge in [0.1, 0.15) is 0 Å². The monoisotopic (exact) mass is 423 g/mol. The van der Waals surface area contributed by atoms with Gasteiger partial charge in [-0.3, -0.25) is 19.7 Å². The first-order chi connectivity index (χ1) is 13.3. The van der Waals surface area contributed by atoms with E-state index in [0.717, 1.165) is 0 Å². The lowest BCUT2D eigenvalue weighted by molar-refractivity contribution is -0.384. The van der Waals surface area contributed by atoms with Crippen molar-refractivity contribution in [3.05, 3.63) is 68.2 Å². The van der Waals surface area contributed by atoms with Gasteiger partial charge in [0.05, 0.1) is 28.6 Å². The Morgan fingerprint density at radius 1 is 1.14 bits per heavy atom. The van der Waals surface area contributed by atoms with Gasteiger partial charge in [0.15, 0.2) is 0 Å². The van der Waals surface area contributed by atoms with Crippen molar-refractivity contribution in [1.29, 1.82) is 0 Å². The van der Waals surface area contributed by atoms with Gasteiger partial charge in [-0.1, -0.05) is 42.3 Å². The van der Waals surface area contributed by atoms with Crippen molar-refractivity contribution in [3.63, 3.8) is 0 Å². The number of nitrogens with zero attached hydrogens (tertiary/aromatic N) is 2. The van der Waals surface area contributed by atoms with E-state index in [0.29, 0.717) is 34.3 Å². The van der Waals surface area contributed by atoms with Crippen LogP contribution in [-0.4, -0.2) is 34.7 Å². The number of carbonyl (C=O) groups excluding carboxylic acids is 2. The molecular formula is C19H19Cl2N3O4. The molecule has 1 N–H and O–H groups in total. The number of non-ortho nitro benzene ring substituents is 1. The lowest BCUT2D eigenvalue weighted by atomic mass is 10.1. The van der Waals surface area contributed by atoms with Gasteiger partial charge in [0.2, 0.25) is 11.8 Å². The molecule has 0 saturated carbocycles. The molecule has 7 nitrogen and oxygen atoms in total. The number of anilines is 1. The van der Waals surface area contributed by atoms with Crippen molar-refractivity contribution in [3.8, 4) is 0 Å². The number of nitro groups is 1. The van der Waals surface area contributed by atoms with Gasteiger partial charge in [-0.05, 0) is 30.2 Å². The summed E-state index contributed by atoms with van der Waals surface area (Å²) in [5.74, 6) is -0.622. The van der Waals surface area contributed by atoms with Crippen LogP contribution in [0.1, 0.15) is 18.9 Å². The second-order valence-electron chi connectivity index (χ2n) is 6.09. The van der Waals surface area contributed by atoms with Crippen LogP contribution < -0.4 is 5.32 Å². The normalized spacial score (nSPS) is 10.4. The molecule has 0 heterocycles. The van der Waals surface area contributed by atoms with Crippen LogP contribution in [0.5, 0.6) is 0 Å². The minimum Gasteiger partial charge on any atom is -0.333 e. The second-order valence-corrected chi connectivity index (χ2v) is 6.93. The molecule has 2 amide bonds. The summed E-state index contributed by atoms with van der Waals surface area (Å²) in [6.07, 6.45) is 0.730. The average molecular weight is 424 g/mol. The molecule has 0 aliphatic carbocycles. The highest BCUT2D eigenvalue weighted by Crippen LogP contribution is 2.25. The topological polar surface area (TPSA) is 92.6 Å². The van der Waals surface area contributed by atoms with E-state index in [4.69, 9.17) is 23.2 Å². The maximum Gasteiger partial charge on any atom is 0.269 e. The molecule has 0 aliphatic heterocycles. The molecule has 0 bridgehead atoms. The number of nitrogens with one attached hydrogen (secondary N) is 1. The summed E-state index contributed by atoms with van der Waals surface area (Å²) in [4.78, 5) is 36.6. The Morgan fingerprint density at radius 3 is 2.39 bits per heavy atom. The zero-order chi connectivity index (χ0) is 20.7. The molecule has 0 aromatic heterocycles. The first-order valence-electron chi connectivity index (χ1n) is 8.56. The van der Waals surface area contributed by atoms with Crippen LogP contribution >= 0.6 is 23.2 Å². The lowest BCUT2D eigenvalue weighted by Crippen LogP contribution is -2.39. The Hall–Kier alpha value is -2.64. The van der Waals surface area contributed by atoms with E-state index in [1.54, 1.807) is 12.1 Å². The third-order valence-corrected chi connectivity index (χ3v) is 4.44. The zero-order valence-corrected chi connectivity index (χ0v) is 16.7. The van der Waals surface area contributed by atoms with Crippen molar-refractivity contribution in [2.24, 2.45) is 0 Å². The van der Waals surface area contributed by atoms with Crippen molar-refractivity contribution in [2.45, 2.75) is 19.8 Å². The van der Waals surface area contributed by atoms with E-state index >= 15 is 0 Å². The van der Waals surface area contributed by atoms with Gasteiger partial charge < -0.3 is 10.2 Å². The third kappa shape index (κ3) is 6.21. The van der Waals surface area contributed by atoms with Gasteiger partial charge >= 0.3 is 0 Å². The van der Waals surface area contributed by atoms with E-state index in [-0.39, 0.29) is 30.5 Å². The van der Waals surface area contributed by atoms with Crippen molar-refractivity contribution in [1.82, 2.24) is 4.90 Å². The number of hydrogen-bond acceptors (Lipinski definition) is 4. The first-order valence-corrected chi connectivity index (χ1v) is 9.31. The fraction of sp³-hybridized carbons (Fsp3) is 0.263. The summed E-state index contributed by atoms with van der Waals surface area (Å²) in [6, 6.07) is 10.5. The Balaban J connectivity index is 2.01. The Morgan fingerprint density at radius 2 is 1.82 bits per heavy atom. The highest BCUT2D eigenvalue weighted by molar-refractivity contribution is 6.36. The number of rotatable bonds is 8. The highest BCUT2D eigenvalue weighted by Gasteiger charge is 2.18. The van der Waals surface area contributed by atoms with Gasteiger partial charge in [0.25, 0.3) is 5.69 Å². The predicted octanol–water partition coefficient (Wildman–Crippen LogP) is 4.32. The minimum atomic E-state index is -0.499. The van der Waals surface area contributed by atoms with Gasteiger partial charge in [-0.25, -0.2) is 0 Å². The van der Waals surface area contributed by atoms with Crippen LogP contribution in [0.3, 0.4) is 0 Å². The van der Waals surface area contributed by atoms with Crippen molar-refractivity contribution in [2.75, 3.05) is 18.4 Å². The van der Waals surface area contributed by atoms with E-state index in [1.807, 2.05) is 6.92 Å². The van der Waals surface area contributed by atoms with Gasteiger partial charge in [0, 0.05) is 23.7 Å². The van der Waals surface area contributed by atoms with Gasteiger partial charge in [-0.2, -0.15) is 0 Å². The number of carbonyl (C=O) groups is 2. The van der Waals surface area contributed by atoms with E-state index in [2.05, 4.69) is 5.32 Å². The summed E-state index contributed by atoms with van der Waals surface area (Å²) in [7, 11) is 0. The number of halogens is 2. The first kappa shape index (κ1) is 21.7. The number of benzene rings is 2. The van der Waals surface area contributed by atoms with Crippen molar-refractivity contribution < 1.29 is 14.5 Å². The molecule has 0 saturated heterocycles. The summed E-state index contributed by atoms with van der Waals surface area (Å²) in [5, 5.41) is 14.1. The minimum absolute atomic E-state index is 0.0409. The second kappa shape index (κ2) is 10.1. The lowest BCUT2D eigenvalue weighted by Gasteiger charge is -2.22. The Labute approximate surface area is 172 Å². The highest BCUT2D eigenvalue weighted by atomic mass is 35.5. The van der Waals surface area contributed by atoms with E-state index in [1.165, 1.54) is 35.2 Å². The molecule has 28 heavy (non-hydrogen) atoms. The number of nitro benzene ring substituents is 1. The summed E-state index contributed by atoms with van der Waals surface area (Å²) in [6.45, 7) is 2.19. The van der Waals surface area contributed by atoms with Crippen LogP contribution in [0.2, 0.25) is 10.0 Å². The quantitative estimate of drug-likeness (QED) is 0.505. The predicted molar refractivity (Wildman–Crippen MR) is 109 cm³/mol. The van der Waals surface area contributed by atoms with Crippen LogP contribution in [0.15, 0.2) is 42.5 Å². The molecule has 0 atom stereocenters. The molecule has 0 unspecified atom stereocenters. The molecule has 2 aromatic rings. The smallest absolute Gasteiger partial charge is 0.269 e. The molecule has 0 spiro atoms. The summed E-state index contributed by atoms with van der Waals surface area (Å²) < 4.78 is 0. The Bertz CT molecular complexity index is 872. The van der Waals surface area contributed by atoms with Gasteiger partial charge in [-0.15, -0.1) is 0 Å². The number of hydrogen-bond donors (Lipinski definition) is 1. The molecule has 9 heteroatoms. The maximum absolute atomic E-state index is 12.6. The Kier molecular flexibility index (Phi) is 7.78. The maximum atomic E-state index is 12.6. The fourth-order valence-electron chi connectivity index (χ4n) is 2.54. The average Bonchev–Trinajstić information content (AvgIpc) is 2.64. The standard InChI is InChI=1S/C19H19Cl2N3O4/c1-2-9-23(12-18(25)22-17-8-5-14(20)11-16(17)21)19(26)10-13-3-6-15(7-4-13)24(27)28/h3-8,11H,2,9-10,12H2,1H3,(H,22,25). The SMILES string of the molecule is CCCN(CC(=O)Nc1ccc(Cl)cc1Cl)C(=O)Cc1ccc([N+](=O)[O-])cc1. The fourth-order valence-corrected chi connectivity index (χ4v) is 2.99. The van der Waals surface area contributed by atoms with Crippen LogP contribution in [0.25, 0.3) is 0 Å². The summed E-state index contributed by atoms with van der Waals surface area (Å²) >= 11 is 11.9. The molecule has 0 aliphatic rings. The van der Waals surface area contributed by atoms with Crippen LogP contribution in [-0.2, 0) is 16.0 Å². The van der Waals surface area contributed by atoms with Crippen LogP contribution in [0, 0.1) is 10.1 Å². The molecule has 148 valence electrons. The molecule has 0 radical (unpaired) electrons. The van der Waals surface area contributed by atoms with Crippen LogP contribution in [0.4, 0.5) is 11.4 Å². The molecule has 2 rings (SSSR count). The van der Waals surface area contributed by atoms with Crippen molar-refractivity contribution >= 4 is 46.4 Å². The molecule has 0 fully saturated rings. The summed E-state index contributed by atoms with van der Waals surface area (Å²) in [5.41, 5.74) is 1.01. The molecule has 2 aromatic carbocycles. The molecular weight excluding hydrogens is 405 g/mol. The third-order valence-electron chi connectivity index (χ3n) is 3.89. The van der Waals surface area contributed by atoms with E-state index < -0.39 is 4.92 Å².